The van der Waals surface area contributed by atoms with E-state index in [0.717, 1.165) is 16.9 Å². The van der Waals surface area contributed by atoms with Crippen molar-refractivity contribution >= 4 is 5.97 Å². The van der Waals surface area contributed by atoms with Crippen LogP contribution < -0.4 is 4.74 Å². The lowest BCUT2D eigenvalue weighted by atomic mass is 9.92. The lowest BCUT2D eigenvalue weighted by Gasteiger charge is -2.23. The van der Waals surface area contributed by atoms with Crippen LogP contribution in [0.1, 0.15) is 42.4 Å². The van der Waals surface area contributed by atoms with Crippen molar-refractivity contribution in [1.82, 2.24) is 4.90 Å². The van der Waals surface area contributed by atoms with Crippen LogP contribution in [0.15, 0.2) is 84.9 Å². The van der Waals surface area contributed by atoms with E-state index in [2.05, 4.69) is 13.8 Å². The quantitative estimate of drug-likeness (QED) is 0.278. The average Bonchev–Trinajstić information content (AvgIpc) is 2.89. The van der Waals surface area contributed by atoms with Crippen LogP contribution in [0.4, 0.5) is 0 Å². The first kappa shape index (κ1) is 30.0. The molecule has 1 atom stereocenters. The summed E-state index contributed by atoms with van der Waals surface area (Å²) in [5.41, 5.74) is 2.86. The van der Waals surface area contributed by atoms with Gasteiger partial charge in [-0.15, -0.1) is 0 Å². The number of aliphatic carboxylic acids is 1. The fourth-order valence-corrected chi connectivity index (χ4v) is 3.84. The molecule has 0 fully saturated rings. The number of nitrogens with zero attached hydrogens (tertiary/aromatic N) is 1. The lowest BCUT2D eigenvalue weighted by Crippen LogP contribution is -2.38. The van der Waals surface area contributed by atoms with Crippen molar-refractivity contribution in [2.45, 2.75) is 31.8 Å². The fourth-order valence-electron chi connectivity index (χ4n) is 3.84. The standard InChI is InChI=1S/C16H27NO4.C14H12O2/c1-13(2)14-3-5-16(6-4-14)21-12-15(20)11-17(7-9-18)8-10-19;15-14(16)13(11-7-3-1-4-8-11)12-9-5-2-6-10-12/h3-6,13,15,18-20H,7-12H2,1-2H3;1-10,13H,(H,15,16). The molecule has 0 radical (unpaired) electrons. The molecule has 4 N–H and O–H groups in total. The van der Waals surface area contributed by atoms with Gasteiger partial charge in [0.15, 0.2) is 0 Å². The normalized spacial score (nSPS) is 11.8. The molecule has 3 aromatic rings. The van der Waals surface area contributed by atoms with Crippen LogP contribution >= 0.6 is 0 Å². The van der Waals surface area contributed by atoms with Crippen LogP contribution in [0.5, 0.6) is 5.75 Å². The summed E-state index contributed by atoms with van der Waals surface area (Å²) >= 11 is 0. The maximum Gasteiger partial charge on any atom is 0.315 e. The lowest BCUT2D eigenvalue weighted by molar-refractivity contribution is -0.137. The van der Waals surface area contributed by atoms with Gasteiger partial charge in [-0.05, 0) is 34.7 Å². The smallest absolute Gasteiger partial charge is 0.315 e. The van der Waals surface area contributed by atoms with E-state index in [9.17, 15) is 15.0 Å². The van der Waals surface area contributed by atoms with Crippen molar-refractivity contribution in [2.75, 3.05) is 39.5 Å². The molecule has 200 valence electrons. The molecular weight excluding hydrogens is 470 g/mol. The first-order chi connectivity index (χ1) is 17.8. The zero-order chi connectivity index (χ0) is 27.0. The zero-order valence-corrected chi connectivity index (χ0v) is 21.6. The predicted molar refractivity (Wildman–Crippen MR) is 145 cm³/mol. The summed E-state index contributed by atoms with van der Waals surface area (Å²) in [4.78, 5) is 13.1. The summed E-state index contributed by atoms with van der Waals surface area (Å²) in [5.74, 6) is -0.190. The van der Waals surface area contributed by atoms with Crippen molar-refractivity contribution in [1.29, 1.82) is 0 Å². The largest absolute Gasteiger partial charge is 0.491 e. The van der Waals surface area contributed by atoms with Crippen molar-refractivity contribution in [2.24, 2.45) is 0 Å². The highest BCUT2D eigenvalue weighted by molar-refractivity contribution is 5.80. The first-order valence-electron chi connectivity index (χ1n) is 12.5. The number of aliphatic hydroxyl groups excluding tert-OH is 3. The van der Waals surface area contributed by atoms with E-state index in [1.54, 1.807) is 4.90 Å². The van der Waals surface area contributed by atoms with Crippen LogP contribution in [0, 0.1) is 0 Å². The van der Waals surface area contributed by atoms with Gasteiger partial charge in [0.25, 0.3) is 0 Å². The monoisotopic (exact) mass is 509 g/mol. The van der Waals surface area contributed by atoms with E-state index in [1.165, 1.54) is 5.56 Å². The highest BCUT2D eigenvalue weighted by Gasteiger charge is 2.21. The number of aliphatic hydroxyl groups is 3. The second-order valence-corrected chi connectivity index (χ2v) is 9.03. The Hall–Kier alpha value is -3.23. The summed E-state index contributed by atoms with van der Waals surface area (Å²) in [6.07, 6.45) is -0.659. The molecule has 7 nitrogen and oxygen atoms in total. The number of hydrogen-bond acceptors (Lipinski definition) is 6. The zero-order valence-electron chi connectivity index (χ0n) is 21.6. The number of carboxylic acids is 1. The molecule has 0 bridgehead atoms. The molecule has 0 aliphatic heterocycles. The van der Waals surface area contributed by atoms with Gasteiger partial charge in [0.05, 0.1) is 13.2 Å². The molecule has 7 heteroatoms. The summed E-state index contributed by atoms with van der Waals surface area (Å²) in [6, 6.07) is 26.4. The van der Waals surface area contributed by atoms with E-state index in [4.69, 9.17) is 14.9 Å². The number of hydrogen-bond donors (Lipinski definition) is 4. The molecule has 0 aromatic heterocycles. The Labute approximate surface area is 219 Å². The summed E-state index contributed by atoms with van der Waals surface area (Å²) in [5, 5.41) is 37.1. The maximum atomic E-state index is 11.3. The minimum atomic E-state index is -0.822. The van der Waals surface area contributed by atoms with E-state index in [-0.39, 0.29) is 19.8 Å². The van der Waals surface area contributed by atoms with Crippen LogP contribution in [-0.4, -0.2) is 76.9 Å². The minimum absolute atomic E-state index is 0.00421. The number of carboxylic acid groups (broad SMARTS) is 1. The van der Waals surface area contributed by atoms with Gasteiger partial charge < -0.3 is 25.2 Å². The van der Waals surface area contributed by atoms with Gasteiger partial charge in [0.1, 0.15) is 24.4 Å². The van der Waals surface area contributed by atoms with Crippen molar-refractivity contribution in [3.63, 3.8) is 0 Å². The van der Waals surface area contributed by atoms with Gasteiger partial charge in [-0.2, -0.15) is 0 Å². The average molecular weight is 510 g/mol. The Morgan fingerprint density at radius 2 is 1.27 bits per heavy atom. The van der Waals surface area contributed by atoms with Gasteiger partial charge in [0, 0.05) is 19.6 Å². The maximum absolute atomic E-state index is 11.3. The Balaban J connectivity index is 0.000000269. The molecule has 0 aliphatic rings. The second-order valence-electron chi connectivity index (χ2n) is 9.03. The van der Waals surface area contributed by atoms with Gasteiger partial charge >= 0.3 is 5.97 Å². The van der Waals surface area contributed by atoms with Crippen molar-refractivity contribution in [3.05, 3.63) is 102 Å². The fraction of sp³-hybridized carbons (Fsp3) is 0.367. The van der Waals surface area contributed by atoms with E-state index >= 15 is 0 Å². The molecule has 37 heavy (non-hydrogen) atoms. The SMILES string of the molecule is CC(C)c1ccc(OCC(O)CN(CCO)CCO)cc1.O=C(O)C(c1ccccc1)c1ccccc1. The van der Waals surface area contributed by atoms with Crippen LogP contribution in [0.25, 0.3) is 0 Å². The predicted octanol–water partition coefficient (Wildman–Crippen LogP) is 3.74. The summed E-state index contributed by atoms with van der Waals surface area (Å²) in [7, 11) is 0. The topological polar surface area (TPSA) is 110 Å². The first-order valence-corrected chi connectivity index (χ1v) is 12.5. The third-order valence-corrected chi connectivity index (χ3v) is 5.80. The molecule has 0 amide bonds. The Morgan fingerprint density at radius 1 is 0.784 bits per heavy atom. The van der Waals surface area contributed by atoms with Crippen LogP contribution in [0.2, 0.25) is 0 Å². The molecule has 3 aromatic carbocycles. The van der Waals surface area contributed by atoms with Gasteiger partial charge in [-0.25, -0.2) is 0 Å². The molecular formula is C30H39NO6. The third kappa shape index (κ3) is 10.7. The molecule has 1 unspecified atom stereocenters. The van der Waals surface area contributed by atoms with Crippen molar-refractivity contribution in [3.8, 4) is 5.75 Å². The molecule has 3 rings (SSSR count). The number of rotatable bonds is 13. The van der Waals surface area contributed by atoms with E-state index in [0.29, 0.717) is 25.6 Å². The minimum Gasteiger partial charge on any atom is -0.491 e. The van der Waals surface area contributed by atoms with Gasteiger partial charge in [0.2, 0.25) is 0 Å². The van der Waals surface area contributed by atoms with Crippen LogP contribution in [-0.2, 0) is 4.79 Å². The highest BCUT2D eigenvalue weighted by Crippen LogP contribution is 2.24. The van der Waals surface area contributed by atoms with E-state index in [1.807, 2.05) is 84.9 Å². The van der Waals surface area contributed by atoms with Gasteiger partial charge in [-0.1, -0.05) is 86.6 Å². The molecule has 0 spiro atoms. The summed E-state index contributed by atoms with van der Waals surface area (Å²) in [6.45, 7) is 5.70. The Kier molecular flexibility index (Phi) is 13.4. The van der Waals surface area contributed by atoms with E-state index < -0.39 is 18.0 Å². The summed E-state index contributed by atoms with van der Waals surface area (Å²) < 4.78 is 5.56. The molecule has 0 saturated carbocycles. The van der Waals surface area contributed by atoms with Crippen LogP contribution in [0.3, 0.4) is 0 Å². The second kappa shape index (κ2) is 16.5. The Bertz CT molecular complexity index is 966. The molecule has 0 heterocycles. The number of benzene rings is 3. The number of carbonyl (C=O) groups is 1. The molecule has 0 saturated heterocycles. The number of ether oxygens (including phenoxy) is 1. The van der Waals surface area contributed by atoms with Gasteiger partial charge in [-0.3, -0.25) is 9.69 Å². The Morgan fingerprint density at radius 3 is 1.68 bits per heavy atom. The highest BCUT2D eigenvalue weighted by atomic mass is 16.5. The third-order valence-electron chi connectivity index (χ3n) is 5.80. The molecule has 0 aliphatic carbocycles. The van der Waals surface area contributed by atoms with Crippen molar-refractivity contribution < 1.29 is 30.0 Å².